The average Bonchev–Trinajstić information content (AvgIpc) is 2.70. The lowest BCUT2D eigenvalue weighted by Crippen LogP contribution is -2.40. The van der Waals surface area contributed by atoms with E-state index in [0.717, 1.165) is 0 Å². The van der Waals surface area contributed by atoms with Gasteiger partial charge in [-0.1, -0.05) is 12.1 Å². The Kier molecular flexibility index (Phi) is 3.21. The van der Waals surface area contributed by atoms with Crippen LogP contribution in [-0.2, 0) is 16.0 Å². The topological polar surface area (TPSA) is 49.4 Å². The molecule has 1 N–H and O–H groups in total. The van der Waals surface area contributed by atoms with Crippen molar-refractivity contribution in [3.63, 3.8) is 0 Å². The number of nitrogens with zero attached hydrogens (tertiary/aromatic N) is 1. The molecule has 0 fully saturated rings. The highest BCUT2D eigenvalue weighted by atomic mass is 19.4. The summed E-state index contributed by atoms with van der Waals surface area (Å²) < 4.78 is 37.5. The molecule has 1 aliphatic rings. The number of alkyl halides is 3. The van der Waals surface area contributed by atoms with Crippen LogP contribution < -0.4 is 10.2 Å². The number of halogens is 3. The lowest BCUT2D eigenvalue weighted by Gasteiger charge is -2.21. The van der Waals surface area contributed by atoms with Crippen LogP contribution in [0.4, 0.5) is 24.5 Å². The molecule has 0 aromatic heterocycles. The number of nitrogens with one attached hydrogen (secondary N) is 1. The molecule has 0 unspecified atom stereocenters. The van der Waals surface area contributed by atoms with Crippen molar-refractivity contribution >= 4 is 23.2 Å². The zero-order chi connectivity index (χ0) is 14.2. The fourth-order valence-electron chi connectivity index (χ4n) is 2.10. The summed E-state index contributed by atoms with van der Waals surface area (Å²) in [7, 11) is 0. The Balaban J connectivity index is 2.42. The van der Waals surface area contributed by atoms with Crippen LogP contribution in [0.5, 0.6) is 0 Å². The Morgan fingerprint density at radius 1 is 1.32 bits per heavy atom. The van der Waals surface area contributed by atoms with Gasteiger partial charge in [0.05, 0.1) is 11.4 Å². The van der Waals surface area contributed by atoms with Gasteiger partial charge >= 0.3 is 12.1 Å². The number of rotatable bonds is 1. The maximum atomic E-state index is 12.5. The number of anilines is 2. The third-order valence-corrected chi connectivity index (χ3v) is 2.79. The van der Waals surface area contributed by atoms with Crippen LogP contribution in [-0.4, -0.2) is 24.5 Å². The fraction of sp³-hybridized carbons (Fsp3) is 0.333. The molecule has 0 atom stereocenters. The van der Waals surface area contributed by atoms with Crippen LogP contribution in [0, 0.1) is 0 Å². The maximum absolute atomic E-state index is 12.5. The summed E-state index contributed by atoms with van der Waals surface area (Å²) in [5.74, 6) is -2.32. The first kappa shape index (κ1) is 13.4. The Morgan fingerprint density at radius 2 is 2.00 bits per heavy atom. The van der Waals surface area contributed by atoms with Gasteiger partial charge in [0.2, 0.25) is 5.91 Å². The lowest BCUT2D eigenvalue weighted by atomic mass is 10.1. The van der Waals surface area contributed by atoms with Crippen LogP contribution in [0.2, 0.25) is 0 Å². The number of benzene rings is 1. The molecule has 7 heteroatoms. The Hall–Kier alpha value is -2.05. The number of amides is 2. The highest BCUT2D eigenvalue weighted by molar-refractivity contribution is 6.04. The zero-order valence-corrected chi connectivity index (χ0v) is 10.0. The van der Waals surface area contributed by atoms with Crippen molar-refractivity contribution in [3.8, 4) is 0 Å². The maximum Gasteiger partial charge on any atom is 0.471 e. The molecule has 0 saturated heterocycles. The predicted molar refractivity (Wildman–Crippen MR) is 62.9 cm³/mol. The third-order valence-electron chi connectivity index (χ3n) is 2.79. The summed E-state index contributed by atoms with van der Waals surface area (Å²) in [6.07, 6.45) is -4.59. The van der Waals surface area contributed by atoms with E-state index in [0.29, 0.717) is 16.9 Å². The molecule has 0 aliphatic carbocycles. The average molecular weight is 272 g/mol. The minimum absolute atomic E-state index is 0.0374. The van der Waals surface area contributed by atoms with Gasteiger partial charge in [0.25, 0.3) is 0 Å². The summed E-state index contributed by atoms with van der Waals surface area (Å²) >= 11 is 0. The molecule has 0 saturated carbocycles. The van der Waals surface area contributed by atoms with E-state index < -0.39 is 18.0 Å². The Bertz CT molecular complexity index is 540. The lowest BCUT2D eigenvalue weighted by molar-refractivity contribution is -0.170. The standard InChI is InChI=1S/C12H11F3N2O2/c1-7(18)16-9-4-2-3-8-5-6-17(10(8)9)11(19)12(13,14)15/h2-4H,5-6H2,1H3,(H,16,18). The van der Waals surface area contributed by atoms with E-state index in [-0.39, 0.29) is 17.9 Å². The molecular formula is C12H11F3N2O2. The Morgan fingerprint density at radius 3 is 2.58 bits per heavy atom. The molecule has 102 valence electrons. The number of para-hydroxylation sites is 1. The second-order valence-corrected chi connectivity index (χ2v) is 4.20. The van der Waals surface area contributed by atoms with Gasteiger partial charge in [-0.25, -0.2) is 0 Å². The summed E-state index contributed by atoms with van der Waals surface area (Å²) in [5, 5.41) is 2.44. The van der Waals surface area contributed by atoms with Crippen LogP contribution >= 0.6 is 0 Å². The van der Waals surface area contributed by atoms with E-state index in [4.69, 9.17) is 0 Å². The van der Waals surface area contributed by atoms with E-state index in [1.165, 1.54) is 13.0 Å². The molecule has 2 rings (SSSR count). The first-order valence-electron chi connectivity index (χ1n) is 5.59. The monoisotopic (exact) mass is 272 g/mol. The fourth-order valence-corrected chi connectivity index (χ4v) is 2.10. The molecular weight excluding hydrogens is 261 g/mol. The Labute approximate surface area is 107 Å². The van der Waals surface area contributed by atoms with E-state index >= 15 is 0 Å². The van der Waals surface area contributed by atoms with Gasteiger partial charge in [0.15, 0.2) is 0 Å². The highest BCUT2D eigenvalue weighted by Crippen LogP contribution is 2.37. The van der Waals surface area contributed by atoms with Crippen molar-refractivity contribution in [1.82, 2.24) is 0 Å². The van der Waals surface area contributed by atoms with E-state index in [1.807, 2.05) is 0 Å². The highest BCUT2D eigenvalue weighted by Gasteiger charge is 2.45. The van der Waals surface area contributed by atoms with Gasteiger partial charge in [-0.05, 0) is 18.1 Å². The first-order valence-corrected chi connectivity index (χ1v) is 5.59. The molecule has 1 aromatic carbocycles. The second-order valence-electron chi connectivity index (χ2n) is 4.20. The van der Waals surface area contributed by atoms with Gasteiger partial charge in [-0.2, -0.15) is 13.2 Å². The third kappa shape index (κ3) is 2.54. The smallest absolute Gasteiger partial charge is 0.325 e. The SMILES string of the molecule is CC(=O)Nc1cccc2c1N(C(=O)C(F)(F)F)CC2. The van der Waals surface area contributed by atoms with Crippen molar-refractivity contribution in [1.29, 1.82) is 0 Å². The molecule has 2 amide bonds. The molecule has 1 aliphatic heterocycles. The summed E-state index contributed by atoms with van der Waals surface area (Å²) in [6, 6.07) is 4.75. The van der Waals surface area contributed by atoms with Gasteiger partial charge in [0, 0.05) is 13.5 Å². The molecule has 4 nitrogen and oxygen atoms in total. The van der Waals surface area contributed by atoms with Crippen LogP contribution in [0.3, 0.4) is 0 Å². The normalized spacial score (nSPS) is 14.2. The largest absolute Gasteiger partial charge is 0.471 e. The van der Waals surface area contributed by atoms with Gasteiger partial charge in [0.1, 0.15) is 0 Å². The summed E-state index contributed by atoms with van der Waals surface area (Å²) in [4.78, 5) is 23.1. The van der Waals surface area contributed by atoms with E-state index in [2.05, 4.69) is 5.32 Å². The van der Waals surface area contributed by atoms with Crippen molar-refractivity contribution in [2.24, 2.45) is 0 Å². The number of fused-ring (bicyclic) bond motifs is 1. The number of carbonyl (C=O) groups excluding carboxylic acids is 2. The van der Waals surface area contributed by atoms with Gasteiger partial charge in [-0.3, -0.25) is 9.59 Å². The van der Waals surface area contributed by atoms with E-state index in [1.54, 1.807) is 12.1 Å². The van der Waals surface area contributed by atoms with Crippen LogP contribution in [0.25, 0.3) is 0 Å². The first-order chi connectivity index (χ1) is 8.80. The van der Waals surface area contributed by atoms with E-state index in [9.17, 15) is 22.8 Å². The van der Waals surface area contributed by atoms with Crippen molar-refractivity contribution < 1.29 is 22.8 Å². The van der Waals surface area contributed by atoms with Crippen molar-refractivity contribution in [2.45, 2.75) is 19.5 Å². The zero-order valence-electron chi connectivity index (χ0n) is 10.0. The summed E-state index contributed by atoms with van der Waals surface area (Å²) in [5.41, 5.74) is 0.976. The van der Waals surface area contributed by atoms with Crippen LogP contribution in [0.15, 0.2) is 18.2 Å². The number of hydrogen-bond acceptors (Lipinski definition) is 2. The molecule has 1 aromatic rings. The molecule has 1 heterocycles. The summed E-state index contributed by atoms with van der Waals surface area (Å²) in [6.45, 7) is 1.22. The van der Waals surface area contributed by atoms with Crippen LogP contribution in [0.1, 0.15) is 12.5 Å². The number of hydrogen-bond donors (Lipinski definition) is 1. The van der Waals surface area contributed by atoms with Gasteiger partial charge in [-0.15, -0.1) is 0 Å². The predicted octanol–water partition coefficient (Wildman–Crippen LogP) is 2.10. The molecule has 0 spiro atoms. The van der Waals surface area contributed by atoms with Crippen molar-refractivity contribution in [2.75, 3.05) is 16.8 Å². The molecule has 0 radical (unpaired) electrons. The number of carbonyl (C=O) groups is 2. The van der Waals surface area contributed by atoms with Crippen molar-refractivity contribution in [3.05, 3.63) is 23.8 Å². The molecule has 0 bridgehead atoms. The molecule has 19 heavy (non-hydrogen) atoms. The quantitative estimate of drug-likeness (QED) is 0.851. The van der Waals surface area contributed by atoms with Gasteiger partial charge < -0.3 is 10.2 Å². The minimum Gasteiger partial charge on any atom is -0.325 e. The minimum atomic E-state index is -4.93. The second kappa shape index (κ2) is 4.56.